The number of hydrogen-bond acceptors (Lipinski definition) is 6. The Bertz CT molecular complexity index is 1100. The molecule has 152 valence electrons. The van der Waals surface area contributed by atoms with Gasteiger partial charge in [0.1, 0.15) is 0 Å². The second kappa shape index (κ2) is 9.17. The number of carbonyl (C=O) groups is 1. The number of ether oxygens (including phenoxy) is 3. The predicted octanol–water partition coefficient (Wildman–Crippen LogP) is 4.86. The van der Waals surface area contributed by atoms with Gasteiger partial charge in [-0.25, -0.2) is 9.79 Å². The van der Waals surface area contributed by atoms with E-state index < -0.39 is 5.97 Å². The van der Waals surface area contributed by atoms with Gasteiger partial charge in [-0.1, -0.05) is 30.3 Å². The third-order valence-electron chi connectivity index (χ3n) is 4.39. The number of aliphatic imine (C=N–C) groups is 1. The van der Waals surface area contributed by atoms with E-state index in [1.807, 2.05) is 24.3 Å². The summed E-state index contributed by atoms with van der Waals surface area (Å²) in [5.74, 6) is 1.28. The summed E-state index contributed by atoms with van der Waals surface area (Å²) in [6.45, 7) is 0.528. The zero-order valence-electron chi connectivity index (χ0n) is 16.1. The van der Waals surface area contributed by atoms with Crippen LogP contribution in [0.5, 0.6) is 11.5 Å². The van der Waals surface area contributed by atoms with Crippen LogP contribution in [0.15, 0.2) is 76.0 Å². The molecule has 0 spiro atoms. The van der Waals surface area contributed by atoms with Crippen molar-refractivity contribution in [1.82, 2.24) is 0 Å². The van der Waals surface area contributed by atoms with E-state index in [1.165, 1.54) is 11.8 Å². The van der Waals surface area contributed by atoms with Gasteiger partial charge in [0.15, 0.2) is 23.0 Å². The topological polar surface area (TPSA) is 70.3 Å². The maximum atomic E-state index is 12.2. The van der Waals surface area contributed by atoms with E-state index >= 15 is 0 Å². The Morgan fingerprint density at radius 3 is 2.70 bits per heavy atom. The lowest BCUT2D eigenvalue weighted by Crippen LogP contribution is -2.05. The number of methoxy groups -OCH3 is 1. The van der Waals surface area contributed by atoms with Gasteiger partial charge < -0.3 is 18.6 Å². The summed E-state index contributed by atoms with van der Waals surface area (Å²) in [7, 11) is 1.59. The van der Waals surface area contributed by atoms with Crippen LogP contribution in [0.25, 0.3) is 6.08 Å². The number of hydrogen-bond donors (Lipinski definition) is 0. The molecule has 1 aliphatic heterocycles. The van der Waals surface area contributed by atoms with Crippen LogP contribution >= 0.6 is 22.6 Å². The van der Waals surface area contributed by atoms with Crippen molar-refractivity contribution in [2.24, 2.45) is 4.99 Å². The zero-order chi connectivity index (χ0) is 20.9. The molecule has 0 radical (unpaired) electrons. The van der Waals surface area contributed by atoms with Crippen molar-refractivity contribution >= 4 is 40.5 Å². The summed E-state index contributed by atoms with van der Waals surface area (Å²) in [4.78, 5) is 16.4. The van der Waals surface area contributed by atoms with Crippen LogP contribution in [-0.2, 0) is 16.0 Å². The van der Waals surface area contributed by atoms with Crippen LogP contribution in [0.2, 0.25) is 0 Å². The molecule has 0 saturated carbocycles. The Labute approximate surface area is 187 Å². The van der Waals surface area contributed by atoms with Gasteiger partial charge in [-0.2, -0.15) is 0 Å². The molecule has 0 fully saturated rings. The number of cyclic esters (lactones) is 1. The SMILES string of the molecule is COc1cc(/C=C2\N=C(c3ccco3)OC2=O)cc(I)c1OCCc1ccccc1. The first-order valence-corrected chi connectivity index (χ1v) is 10.3. The van der Waals surface area contributed by atoms with E-state index in [-0.39, 0.29) is 11.6 Å². The average molecular weight is 515 g/mol. The lowest BCUT2D eigenvalue weighted by molar-refractivity contribution is -0.130. The smallest absolute Gasteiger partial charge is 0.363 e. The number of nitrogens with zero attached hydrogens (tertiary/aromatic N) is 1. The predicted molar refractivity (Wildman–Crippen MR) is 121 cm³/mol. The minimum atomic E-state index is -0.529. The van der Waals surface area contributed by atoms with Crippen molar-refractivity contribution in [3.63, 3.8) is 0 Å². The van der Waals surface area contributed by atoms with Crippen molar-refractivity contribution in [3.8, 4) is 11.5 Å². The van der Waals surface area contributed by atoms with Crippen molar-refractivity contribution < 1.29 is 23.4 Å². The highest BCUT2D eigenvalue weighted by atomic mass is 127. The van der Waals surface area contributed by atoms with Crippen LogP contribution in [0.3, 0.4) is 0 Å². The molecule has 0 N–H and O–H groups in total. The summed E-state index contributed by atoms with van der Waals surface area (Å²) in [6, 6.07) is 17.2. The number of furan rings is 1. The van der Waals surface area contributed by atoms with E-state index in [2.05, 4.69) is 39.7 Å². The highest BCUT2D eigenvalue weighted by Crippen LogP contribution is 2.35. The van der Waals surface area contributed by atoms with E-state index in [1.54, 1.807) is 31.4 Å². The molecule has 1 aliphatic rings. The molecule has 0 unspecified atom stereocenters. The third kappa shape index (κ3) is 4.56. The lowest BCUT2D eigenvalue weighted by Gasteiger charge is -2.13. The Balaban J connectivity index is 1.53. The molecule has 2 aromatic carbocycles. The third-order valence-corrected chi connectivity index (χ3v) is 5.19. The van der Waals surface area contributed by atoms with Gasteiger partial charge in [0, 0.05) is 6.42 Å². The van der Waals surface area contributed by atoms with Gasteiger partial charge in [0.25, 0.3) is 5.90 Å². The molecule has 1 aromatic heterocycles. The molecule has 30 heavy (non-hydrogen) atoms. The van der Waals surface area contributed by atoms with E-state index in [9.17, 15) is 4.79 Å². The molecule has 3 aromatic rings. The van der Waals surface area contributed by atoms with E-state index in [0.717, 1.165) is 15.6 Å². The fourth-order valence-corrected chi connectivity index (χ4v) is 3.73. The lowest BCUT2D eigenvalue weighted by atomic mass is 10.1. The monoisotopic (exact) mass is 515 g/mol. The van der Waals surface area contributed by atoms with Gasteiger partial charge >= 0.3 is 5.97 Å². The van der Waals surface area contributed by atoms with E-state index in [0.29, 0.717) is 23.9 Å². The largest absolute Gasteiger partial charge is 0.493 e. The fraction of sp³-hybridized carbons (Fsp3) is 0.130. The summed E-state index contributed by atoms with van der Waals surface area (Å²) >= 11 is 2.19. The first-order chi connectivity index (χ1) is 14.6. The normalized spacial score (nSPS) is 14.5. The maximum Gasteiger partial charge on any atom is 0.363 e. The van der Waals surface area contributed by atoms with Gasteiger partial charge in [-0.3, -0.25) is 0 Å². The molecule has 0 amide bonds. The molecule has 0 aliphatic carbocycles. The Kier molecular flexibility index (Phi) is 6.18. The van der Waals surface area contributed by atoms with Crippen LogP contribution in [0, 0.1) is 3.57 Å². The standard InChI is InChI=1S/C23H18INO5/c1-27-20-14-16(13-18-23(26)30-22(25-18)19-8-5-10-28-19)12-17(24)21(20)29-11-9-15-6-3-2-4-7-15/h2-8,10,12-14H,9,11H2,1H3/b18-13-. The highest BCUT2D eigenvalue weighted by Gasteiger charge is 2.26. The molecule has 0 atom stereocenters. The second-order valence-corrected chi connectivity index (χ2v) is 7.59. The quantitative estimate of drug-likeness (QED) is 0.256. The van der Waals surface area contributed by atoms with Gasteiger partial charge in [-0.05, 0) is 64.1 Å². The van der Waals surface area contributed by atoms with E-state index in [4.69, 9.17) is 18.6 Å². The molecule has 0 bridgehead atoms. The average Bonchev–Trinajstić information content (AvgIpc) is 3.40. The molecule has 4 rings (SSSR count). The molecule has 6 nitrogen and oxygen atoms in total. The summed E-state index contributed by atoms with van der Waals surface area (Å²) in [5, 5.41) is 0. The highest BCUT2D eigenvalue weighted by molar-refractivity contribution is 14.1. The van der Waals surface area contributed by atoms with Gasteiger partial charge in [-0.15, -0.1) is 0 Å². The number of carbonyl (C=O) groups excluding carboxylic acids is 1. The summed E-state index contributed by atoms with van der Waals surface area (Å²) in [5.41, 5.74) is 2.15. The molecule has 0 saturated heterocycles. The van der Waals surface area contributed by atoms with Crippen LogP contribution in [0.4, 0.5) is 0 Å². The van der Waals surface area contributed by atoms with Crippen molar-refractivity contribution in [2.45, 2.75) is 6.42 Å². The first kappa shape index (κ1) is 20.2. The summed E-state index contributed by atoms with van der Waals surface area (Å²) in [6.07, 6.45) is 3.94. The minimum absolute atomic E-state index is 0.152. The molecule has 2 heterocycles. The number of esters is 1. The molecule has 7 heteroatoms. The first-order valence-electron chi connectivity index (χ1n) is 9.25. The number of benzene rings is 2. The Morgan fingerprint density at radius 1 is 1.13 bits per heavy atom. The Hall–Kier alpha value is -3.07. The second-order valence-electron chi connectivity index (χ2n) is 6.43. The van der Waals surface area contributed by atoms with Crippen LogP contribution < -0.4 is 9.47 Å². The minimum Gasteiger partial charge on any atom is -0.493 e. The Morgan fingerprint density at radius 2 is 1.97 bits per heavy atom. The van der Waals surface area contributed by atoms with Crippen LogP contribution in [0.1, 0.15) is 16.9 Å². The van der Waals surface area contributed by atoms with Crippen molar-refractivity contribution in [2.75, 3.05) is 13.7 Å². The van der Waals surface area contributed by atoms with Crippen molar-refractivity contribution in [1.29, 1.82) is 0 Å². The van der Waals surface area contributed by atoms with Crippen molar-refractivity contribution in [3.05, 3.63) is 87.0 Å². The molecular weight excluding hydrogens is 497 g/mol. The number of halogens is 1. The maximum absolute atomic E-state index is 12.2. The van der Waals surface area contributed by atoms with Gasteiger partial charge in [0.2, 0.25) is 0 Å². The summed E-state index contributed by atoms with van der Waals surface area (Å²) < 4.78 is 22.8. The number of rotatable bonds is 7. The van der Waals surface area contributed by atoms with Gasteiger partial charge in [0.05, 0.1) is 23.6 Å². The molecular formula is C23H18INO5. The fourth-order valence-electron chi connectivity index (χ4n) is 2.95. The van der Waals surface area contributed by atoms with Crippen LogP contribution in [-0.4, -0.2) is 25.6 Å². The zero-order valence-corrected chi connectivity index (χ0v) is 18.3.